The van der Waals surface area contributed by atoms with Crippen LogP contribution in [0.2, 0.25) is 0 Å². The number of aromatic hydroxyl groups is 3. The van der Waals surface area contributed by atoms with Crippen LogP contribution in [0.1, 0.15) is 43.0 Å². The van der Waals surface area contributed by atoms with Gasteiger partial charge in [0.1, 0.15) is 0 Å². The van der Waals surface area contributed by atoms with Crippen LogP contribution in [0.25, 0.3) is 10.8 Å². The number of methoxy groups -OCH3 is 1. The fourth-order valence-electron chi connectivity index (χ4n) is 2.87. The Hall–Kier alpha value is -3.49. The molecule has 0 saturated carbocycles. The largest absolute Gasteiger partial charge is 0.504 e. The summed E-state index contributed by atoms with van der Waals surface area (Å²) in [6.07, 6.45) is 2.18. The Morgan fingerprint density at radius 1 is 0.967 bits per heavy atom. The van der Waals surface area contributed by atoms with Crippen molar-refractivity contribution in [2.45, 2.75) is 32.6 Å². The van der Waals surface area contributed by atoms with E-state index in [1.54, 1.807) is 6.92 Å². The Kier molecular flexibility index (Phi) is 7.85. The van der Waals surface area contributed by atoms with E-state index in [0.29, 0.717) is 32.3 Å². The fourth-order valence-corrected chi connectivity index (χ4v) is 2.87. The Bertz CT molecular complexity index is 998. The molecule has 0 heterocycles. The highest BCUT2D eigenvalue weighted by molar-refractivity contribution is 6.00. The van der Waals surface area contributed by atoms with E-state index in [1.165, 1.54) is 12.1 Å². The van der Waals surface area contributed by atoms with E-state index in [9.17, 15) is 29.7 Å². The van der Waals surface area contributed by atoms with Gasteiger partial charge in [-0.2, -0.15) is 0 Å². The lowest BCUT2D eigenvalue weighted by atomic mass is 10.1. The number of unbranched alkanes of at least 4 members (excludes halogenated alkanes) is 2. The van der Waals surface area contributed by atoms with Gasteiger partial charge in [-0.15, -0.1) is 0 Å². The Morgan fingerprint density at radius 2 is 1.70 bits per heavy atom. The van der Waals surface area contributed by atoms with Gasteiger partial charge >= 0.3 is 11.9 Å². The van der Waals surface area contributed by atoms with Crippen LogP contribution >= 0.6 is 0 Å². The SMILES string of the molecule is CCOC(=O)CCCCCOc1cc2cc(C(=O)OC)cc(=O)c(O)c2c(O)c1O. The predicted molar refractivity (Wildman–Crippen MR) is 107 cm³/mol. The van der Waals surface area contributed by atoms with Crippen LogP contribution in [0.4, 0.5) is 0 Å². The third-order valence-electron chi connectivity index (χ3n) is 4.35. The lowest BCUT2D eigenvalue weighted by Gasteiger charge is -2.11. The molecule has 2 aromatic carbocycles. The third-order valence-corrected chi connectivity index (χ3v) is 4.35. The highest BCUT2D eigenvalue weighted by Gasteiger charge is 2.19. The zero-order valence-corrected chi connectivity index (χ0v) is 16.8. The smallest absolute Gasteiger partial charge is 0.338 e. The van der Waals surface area contributed by atoms with Gasteiger partial charge in [-0.3, -0.25) is 9.59 Å². The van der Waals surface area contributed by atoms with Crippen molar-refractivity contribution in [2.24, 2.45) is 0 Å². The molecule has 0 radical (unpaired) electrons. The molecule has 2 aromatic rings. The summed E-state index contributed by atoms with van der Waals surface area (Å²) in [5.41, 5.74) is -1.06. The third kappa shape index (κ3) is 5.31. The summed E-state index contributed by atoms with van der Waals surface area (Å²) in [4.78, 5) is 35.2. The molecule has 0 fully saturated rings. The number of carbonyl (C=O) groups excluding carboxylic acids is 2. The summed E-state index contributed by atoms with van der Waals surface area (Å²) in [5.74, 6) is -3.36. The highest BCUT2D eigenvalue weighted by atomic mass is 16.5. The van der Waals surface area contributed by atoms with Crippen molar-refractivity contribution >= 4 is 22.7 Å². The molecule has 0 bridgehead atoms. The number of benzene rings is 1. The van der Waals surface area contributed by atoms with E-state index in [0.717, 1.165) is 13.2 Å². The first kappa shape index (κ1) is 22.8. The number of rotatable bonds is 9. The molecule has 30 heavy (non-hydrogen) atoms. The van der Waals surface area contributed by atoms with Crippen LogP contribution in [0, 0.1) is 0 Å². The normalized spacial score (nSPS) is 10.6. The lowest BCUT2D eigenvalue weighted by Crippen LogP contribution is -2.04. The Labute approximate surface area is 172 Å². The maximum atomic E-state index is 12.1. The molecule has 0 spiro atoms. The monoisotopic (exact) mass is 420 g/mol. The second kappa shape index (κ2) is 10.3. The number of esters is 2. The molecule has 0 amide bonds. The summed E-state index contributed by atoms with van der Waals surface area (Å²) >= 11 is 0. The van der Waals surface area contributed by atoms with Crippen LogP contribution in [-0.2, 0) is 14.3 Å². The minimum Gasteiger partial charge on any atom is -0.504 e. The van der Waals surface area contributed by atoms with Crippen LogP contribution in [0.3, 0.4) is 0 Å². The number of hydrogen-bond acceptors (Lipinski definition) is 9. The molecule has 0 aliphatic heterocycles. The highest BCUT2D eigenvalue weighted by Crippen LogP contribution is 2.44. The fraction of sp³-hybridized carbons (Fsp3) is 0.381. The first-order valence-electron chi connectivity index (χ1n) is 9.42. The van der Waals surface area contributed by atoms with Crippen molar-refractivity contribution in [1.82, 2.24) is 0 Å². The second-order valence-electron chi connectivity index (χ2n) is 6.45. The van der Waals surface area contributed by atoms with Gasteiger partial charge in [0, 0.05) is 12.5 Å². The van der Waals surface area contributed by atoms with E-state index in [2.05, 4.69) is 4.74 Å². The molecule has 0 aliphatic carbocycles. The quantitative estimate of drug-likeness (QED) is 0.317. The number of carbonyl (C=O) groups is 2. The molecule has 9 nitrogen and oxygen atoms in total. The van der Waals surface area contributed by atoms with Crippen LogP contribution in [0.15, 0.2) is 23.0 Å². The molecule has 9 heteroatoms. The average Bonchev–Trinajstić information content (AvgIpc) is 2.84. The van der Waals surface area contributed by atoms with Crippen LogP contribution in [0.5, 0.6) is 23.0 Å². The molecule has 0 saturated heterocycles. The topological polar surface area (TPSA) is 140 Å². The Balaban J connectivity index is 2.22. The summed E-state index contributed by atoms with van der Waals surface area (Å²) in [6.45, 7) is 2.26. The van der Waals surface area contributed by atoms with E-state index in [-0.39, 0.29) is 34.7 Å². The van der Waals surface area contributed by atoms with Crippen LogP contribution < -0.4 is 10.2 Å². The number of phenolic OH excluding ortho intramolecular Hbond substituents is 2. The van der Waals surface area contributed by atoms with Crippen molar-refractivity contribution in [3.63, 3.8) is 0 Å². The van der Waals surface area contributed by atoms with Gasteiger partial charge in [0.05, 0.1) is 31.3 Å². The number of ether oxygens (including phenoxy) is 3. The summed E-state index contributed by atoms with van der Waals surface area (Å²) in [7, 11) is 1.14. The lowest BCUT2D eigenvalue weighted by molar-refractivity contribution is -0.143. The first-order chi connectivity index (χ1) is 14.3. The van der Waals surface area contributed by atoms with E-state index in [4.69, 9.17) is 9.47 Å². The van der Waals surface area contributed by atoms with Crippen LogP contribution in [-0.4, -0.2) is 47.6 Å². The van der Waals surface area contributed by atoms with Gasteiger partial charge in [-0.25, -0.2) is 4.79 Å². The van der Waals surface area contributed by atoms with E-state index >= 15 is 0 Å². The molecular weight excluding hydrogens is 396 g/mol. The van der Waals surface area contributed by atoms with Crippen molar-refractivity contribution < 1.29 is 39.1 Å². The standard InChI is InChI=1S/C21H24O9/c1-3-29-16(23)7-5-4-6-8-30-15-11-12-9-13(21(27)28-2)10-14(22)18(24)17(12)20(26)19(15)25/h9-11,25-26H,3-8H2,1-2H3,(H,22,24). The molecule has 0 aromatic heterocycles. The maximum absolute atomic E-state index is 12.1. The van der Waals surface area contributed by atoms with E-state index in [1.807, 2.05) is 0 Å². The molecule has 3 N–H and O–H groups in total. The molecule has 0 atom stereocenters. The Morgan fingerprint density at radius 3 is 2.37 bits per heavy atom. The summed E-state index contributed by atoms with van der Waals surface area (Å²) in [6, 6.07) is 3.42. The van der Waals surface area contributed by atoms with Gasteiger partial charge in [-0.05, 0) is 43.7 Å². The van der Waals surface area contributed by atoms with Gasteiger partial charge in [-0.1, -0.05) is 0 Å². The summed E-state index contributed by atoms with van der Waals surface area (Å²) in [5, 5.41) is 30.4. The molecule has 0 unspecified atom stereocenters. The van der Waals surface area contributed by atoms with Gasteiger partial charge in [0.25, 0.3) is 0 Å². The minimum absolute atomic E-state index is 0.0840. The molecular formula is C21H24O9. The number of fused-ring (bicyclic) bond motifs is 1. The number of hydrogen-bond donors (Lipinski definition) is 3. The van der Waals surface area contributed by atoms with Crippen molar-refractivity contribution in [3.05, 3.63) is 34.0 Å². The maximum Gasteiger partial charge on any atom is 0.338 e. The van der Waals surface area contributed by atoms with Crippen molar-refractivity contribution in [3.8, 4) is 23.0 Å². The van der Waals surface area contributed by atoms with Gasteiger partial charge in [0.15, 0.2) is 17.2 Å². The minimum atomic E-state index is -0.921. The zero-order chi connectivity index (χ0) is 22.3. The zero-order valence-electron chi connectivity index (χ0n) is 16.8. The average molecular weight is 420 g/mol. The molecule has 0 aliphatic rings. The van der Waals surface area contributed by atoms with Crippen molar-refractivity contribution in [1.29, 1.82) is 0 Å². The molecule has 2 rings (SSSR count). The second-order valence-corrected chi connectivity index (χ2v) is 6.45. The van der Waals surface area contributed by atoms with Gasteiger partial charge in [0.2, 0.25) is 11.2 Å². The molecule has 162 valence electrons. The van der Waals surface area contributed by atoms with Crippen molar-refractivity contribution in [2.75, 3.05) is 20.3 Å². The number of phenols is 2. The first-order valence-corrected chi connectivity index (χ1v) is 9.42. The van der Waals surface area contributed by atoms with E-state index < -0.39 is 28.6 Å². The summed E-state index contributed by atoms with van der Waals surface area (Å²) < 4.78 is 15.0. The predicted octanol–water partition coefficient (Wildman–Crippen LogP) is 2.61. The van der Waals surface area contributed by atoms with Gasteiger partial charge < -0.3 is 29.5 Å².